The molecule has 0 fully saturated rings. The van der Waals surface area contributed by atoms with E-state index in [1.165, 1.54) is 6.92 Å². The average Bonchev–Trinajstić information content (AvgIpc) is 3.25. The van der Waals surface area contributed by atoms with Crippen LogP contribution in [0.1, 0.15) is 47.2 Å². The molecule has 8 nitrogen and oxygen atoms in total. The van der Waals surface area contributed by atoms with Crippen LogP contribution in [0.4, 0.5) is 0 Å². The number of aliphatic hydroxyl groups is 3. The first-order valence-corrected chi connectivity index (χ1v) is 18.0. The molecule has 1 unspecified atom stereocenters. The molecule has 0 aliphatic carbocycles. The maximum atomic E-state index is 11.0. The second-order valence-corrected chi connectivity index (χ2v) is 13.6. The third-order valence-electron chi connectivity index (χ3n) is 10.1. The van der Waals surface area contributed by atoms with Gasteiger partial charge in [-0.25, -0.2) is 4.79 Å². The summed E-state index contributed by atoms with van der Waals surface area (Å²) in [7, 11) is 0. The molecular weight excluding hydrogens is 699 g/mol. The van der Waals surface area contributed by atoms with Crippen LogP contribution in [0.25, 0.3) is 45.0 Å². The lowest BCUT2D eigenvalue weighted by Gasteiger charge is -2.32. The van der Waals surface area contributed by atoms with Gasteiger partial charge in [0.2, 0.25) is 11.5 Å². The number of carboxylic acid groups (broad SMARTS) is 1. The Morgan fingerprint density at radius 3 is 1.86 bits per heavy atom. The van der Waals surface area contributed by atoms with Gasteiger partial charge in [0.1, 0.15) is 5.54 Å². The van der Waals surface area contributed by atoms with Gasteiger partial charge in [0, 0.05) is 11.1 Å². The minimum atomic E-state index is -1.75. The molecule has 280 valence electrons. The largest absolute Gasteiger partial charge is 0.504 e. The van der Waals surface area contributed by atoms with Crippen LogP contribution in [-0.2, 0) is 10.3 Å². The van der Waals surface area contributed by atoms with Crippen molar-refractivity contribution in [3.63, 3.8) is 0 Å². The predicted octanol–water partition coefficient (Wildman–Crippen LogP) is 10.5. The highest BCUT2D eigenvalue weighted by molar-refractivity contribution is 5.97. The second-order valence-electron chi connectivity index (χ2n) is 13.6. The van der Waals surface area contributed by atoms with Crippen molar-refractivity contribution in [2.45, 2.75) is 26.3 Å². The highest BCUT2D eigenvalue weighted by atomic mass is 16.4. The van der Waals surface area contributed by atoms with Crippen LogP contribution in [0.3, 0.4) is 0 Å². The Labute approximate surface area is 326 Å². The number of aliphatic hydroxyl groups excluding tert-OH is 3. The van der Waals surface area contributed by atoms with Crippen LogP contribution in [0.5, 0.6) is 0 Å². The number of aliphatic carboxylic acids is 1. The van der Waals surface area contributed by atoms with Crippen molar-refractivity contribution in [2.75, 3.05) is 0 Å². The number of allylic oxidation sites excluding steroid dienone is 1. The lowest BCUT2D eigenvalue weighted by atomic mass is 9.81. The summed E-state index contributed by atoms with van der Waals surface area (Å²) in [5.41, 5.74) is 20.9. The van der Waals surface area contributed by atoms with Gasteiger partial charge in [-0.2, -0.15) is 5.10 Å². The summed E-state index contributed by atoms with van der Waals surface area (Å²) in [6.07, 6.45) is 1.88. The number of carboxylic acids is 1. The van der Waals surface area contributed by atoms with E-state index in [4.69, 9.17) is 15.9 Å². The monoisotopic (exact) mass is 741 g/mol. The molecule has 0 saturated carbocycles. The number of hydrazone groups is 1. The summed E-state index contributed by atoms with van der Waals surface area (Å²) in [5.74, 6) is -4.51. The molecule has 0 saturated heterocycles. The Morgan fingerprint density at radius 1 is 0.661 bits per heavy atom. The van der Waals surface area contributed by atoms with Gasteiger partial charge in [-0.3, -0.25) is 5.43 Å². The molecule has 0 aliphatic heterocycles. The fourth-order valence-corrected chi connectivity index (χ4v) is 6.68. The Bertz CT molecular complexity index is 2490. The molecule has 1 atom stereocenters. The van der Waals surface area contributed by atoms with Gasteiger partial charge in [-0.15, -0.1) is 0 Å². The number of aryl methyl sites for hydroxylation is 1. The zero-order valence-electron chi connectivity index (χ0n) is 31.4. The third kappa shape index (κ3) is 7.81. The Morgan fingerprint density at radius 2 is 1.25 bits per heavy atom. The molecule has 6 rings (SSSR count). The maximum absolute atomic E-state index is 11.0. The van der Waals surface area contributed by atoms with E-state index >= 15 is 0 Å². The third-order valence-corrected chi connectivity index (χ3v) is 10.1. The minimum Gasteiger partial charge on any atom is -0.504 e. The van der Waals surface area contributed by atoms with Gasteiger partial charge in [-0.05, 0) is 88.0 Å². The van der Waals surface area contributed by atoms with Crippen LogP contribution >= 0.6 is 0 Å². The maximum Gasteiger partial charge on any atom is 0.375 e. The van der Waals surface area contributed by atoms with Gasteiger partial charge in [0.15, 0.2) is 11.6 Å². The van der Waals surface area contributed by atoms with Crippen LogP contribution in [-0.4, -0.2) is 32.2 Å². The van der Waals surface area contributed by atoms with Gasteiger partial charge < -0.3 is 26.2 Å². The van der Waals surface area contributed by atoms with E-state index in [-0.39, 0.29) is 5.57 Å². The summed E-state index contributed by atoms with van der Waals surface area (Å²) in [6.45, 7) is 9.90. The lowest BCUT2D eigenvalue weighted by molar-refractivity contribution is -0.135. The quantitative estimate of drug-likeness (QED) is 0.0183. The number of nitrogens with two attached hydrogens (primary N) is 1. The van der Waals surface area contributed by atoms with E-state index in [9.17, 15) is 20.1 Å². The number of benzene rings is 6. The molecule has 0 heterocycles. The number of hydrogen-bond acceptors (Lipinski definition) is 6. The first-order valence-electron chi connectivity index (χ1n) is 18.0. The van der Waals surface area contributed by atoms with Crippen molar-refractivity contribution in [1.29, 1.82) is 0 Å². The zero-order chi connectivity index (χ0) is 40.0. The topological polar surface area (TPSA) is 148 Å². The molecule has 0 bridgehead atoms. The van der Waals surface area contributed by atoms with Crippen LogP contribution in [0, 0.1) is 6.92 Å². The molecule has 6 aromatic carbocycles. The molecule has 8 heteroatoms. The van der Waals surface area contributed by atoms with Gasteiger partial charge in [-0.1, -0.05) is 152 Å². The summed E-state index contributed by atoms with van der Waals surface area (Å²) < 4.78 is 0. The average molecular weight is 742 g/mol. The first kappa shape index (κ1) is 38.4. The van der Waals surface area contributed by atoms with Crippen molar-refractivity contribution in [3.8, 4) is 33.4 Å². The smallest absolute Gasteiger partial charge is 0.375 e. The van der Waals surface area contributed by atoms with E-state index < -0.39 is 28.8 Å². The van der Waals surface area contributed by atoms with E-state index in [2.05, 4.69) is 80.4 Å². The summed E-state index contributed by atoms with van der Waals surface area (Å²) in [5, 5.41) is 43.5. The molecule has 0 aliphatic rings. The van der Waals surface area contributed by atoms with Crippen LogP contribution in [0.15, 0.2) is 175 Å². The van der Waals surface area contributed by atoms with Gasteiger partial charge in [0.05, 0.1) is 0 Å². The second kappa shape index (κ2) is 16.4. The fourth-order valence-electron chi connectivity index (χ4n) is 6.68. The van der Waals surface area contributed by atoms with Crippen LogP contribution in [0.2, 0.25) is 0 Å². The normalized spacial score (nSPS) is 13.5. The van der Waals surface area contributed by atoms with E-state index in [1.807, 2.05) is 84.9 Å². The Balaban J connectivity index is 1.37. The van der Waals surface area contributed by atoms with E-state index in [1.54, 1.807) is 12.1 Å². The fraction of sp³-hybridized carbons (Fsp3) is 0.0833. The number of rotatable bonds is 12. The molecule has 0 radical (unpaired) electrons. The van der Waals surface area contributed by atoms with Gasteiger partial charge >= 0.3 is 5.97 Å². The van der Waals surface area contributed by atoms with Crippen molar-refractivity contribution in [3.05, 3.63) is 203 Å². The number of amidine groups is 1. The number of carbonyl (C=O) groups is 1. The molecule has 0 amide bonds. The van der Waals surface area contributed by atoms with Crippen LogP contribution < -0.4 is 11.2 Å². The van der Waals surface area contributed by atoms with Crippen molar-refractivity contribution >= 4 is 23.5 Å². The first-order chi connectivity index (χ1) is 26.9. The molecule has 0 spiro atoms. The van der Waals surface area contributed by atoms with Crippen molar-refractivity contribution in [2.24, 2.45) is 10.8 Å². The summed E-state index contributed by atoms with van der Waals surface area (Å²) >= 11 is 0. The van der Waals surface area contributed by atoms with Crippen molar-refractivity contribution < 1.29 is 25.2 Å². The zero-order valence-corrected chi connectivity index (χ0v) is 31.4. The van der Waals surface area contributed by atoms with E-state index in [0.717, 1.165) is 61.2 Å². The lowest BCUT2D eigenvalue weighted by Crippen LogP contribution is -2.39. The minimum absolute atomic E-state index is 0.204. The standard InChI is InChI=1S/C48H43N3O5/c1-5-32-15-12-18-40(36-26-24-35(25-27-36)34-22-20-33(21-23-34)31(3)43(52)44(53)45(54)47(55)56)42(32)41-29-39(28-19-30(41)2)48(4,38-16-10-7-11-17-38)51-50-46(49)37-13-8-6-9-14-37/h5-29,51-54H,1H2,2-4H3,(H2,49,50)(H,55,56)/b43-31-,45-44-. The summed E-state index contributed by atoms with van der Waals surface area (Å²) in [4.78, 5) is 11.0. The van der Waals surface area contributed by atoms with E-state index in [0.29, 0.717) is 11.4 Å². The Kier molecular flexibility index (Phi) is 11.2. The number of hydrogen-bond donors (Lipinski definition) is 6. The molecule has 7 N–H and O–H groups in total. The van der Waals surface area contributed by atoms with Gasteiger partial charge in [0.25, 0.3) is 0 Å². The molecular formula is C48H43N3O5. The highest BCUT2D eigenvalue weighted by Crippen LogP contribution is 2.41. The number of nitrogens with zero attached hydrogens (tertiary/aromatic N) is 1. The molecule has 56 heavy (non-hydrogen) atoms. The number of nitrogens with one attached hydrogen (secondary N) is 1. The summed E-state index contributed by atoms with van der Waals surface area (Å²) in [6, 6.07) is 48.0. The van der Waals surface area contributed by atoms with Crippen molar-refractivity contribution in [1.82, 2.24) is 5.43 Å². The highest BCUT2D eigenvalue weighted by Gasteiger charge is 2.30. The SMILES string of the molecule is C=Cc1cccc(-c2ccc(-c3ccc(/C(C)=C(O)/C(O)=C(/O)C(=O)O)cc3)cc2)c1-c1cc(C(C)(NN=C(N)c2ccccc2)c2ccccc2)ccc1C. The molecule has 6 aromatic rings. The molecule has 0 aromatic heterocycles. The predicted molar refractivity (Wildman–Crippen MR) is 226 cm³/mol. The Hall–Kier alpha value is -7.32.